The van der Waals surface area contributed by atoms with Crippen molar-refractivity contribution in [2.24, 2.45) is 0 Å². The number of anilines is 2. The van der Waals surface area contributed by atoms with E-state index < -0.39 is 0 Å². The van der Waals surface area contributed by atoms with Crippen molar-refractivity contribution >= 4 is 28.6 Å². The largest absolute Gasteiger partial charge is 0.396 e. The monoisotopic (exact) mass is 471 g/mol. The Morgan fingerprint density at radius 1 is 1.09 bits per heavy atom. The van der Waals surface area contributed by atoms with E-state index in [9.17, 15) is 14.7 Å². The topological polar surface area (TPSA) is 120 Å². The van der Waals surface area contributed by atoms with Gasteiger partial charge in [-0.15, -0.1) is 0 Å². The van der Waals surface area contributed by atoms with Gasteiger partial charge < -0.3 is 14.9 Å². The average molecular weight is 472 g/mol. The number of aliphatic hydroxyl groups excluding tert-OH is 1. The molecule has 6 rings (SSSR count). The van der Waals surface area contributed by atoms with Gasteiger partial charge in [0.05, 0.1) is 12.1 Å². The molecule has 1 amide bonds. The quantitative estimate of drug-likeness (QED) is 0.468. The van der Waals surface area contributed by atoms with Crippen LogP contribution in [0.4, 0.5) is 11.5 Å². The van der Waals surface area contributed by atoms with E-state index in [4.69, 9.17) is 0 Å². The molecule has 10 nitrogen and oxygen atoms in total. The van der Waals surface area contributed by atoms with E-state index in [0.29, 0.717) is 36.8 Å². The number of H-pyrrole nitrogens is 1. The molecule has 0 spiro atoms. The van der Waals surface area contributed by atoms with Crippen LogP contribution >= 0.6 is 0 Å². The zero-order valence-electron chi connectivity index (χ0n) is 19.0. The van der Waals surface area contributed by atoms with Crippen molar-refractivity contribution in [2.45, 2.75) is 24.8 Å². The van der Waals surface area contributed by atoms with Crippen LogP contribution in [0.3, 0.4) is 0 Å². The summed E-state index contributed by atoms with van der Waals surface area (Å²) in [4.78, 5) is 45.5. The van der Waals surface area contributed by atoms with Crippen molar-refractivity contribution in [3.63, 3.8) is 0 Å². The summed E-state index contributed by atoms with van der Waals surface area (Å²) in [5, 5.41) is 9.77. The van der Waals surface area contributed by atoms with E-state index in [0.717, 1.165) is 29.6 Å². The highest BCUT2D eigenvalue weighted by Crippen LogP contribution is 2.36. The lowest BCUT2D eigenvalue weighted by atomic mass is 10.0. The van der Waals surface area contributed by atoms with E-state index in [-0.39, 0.29) is 30.2 Å². The number of carbonyl (C=O) groups excluding carboxylic acids is 1. The predicted molar refractivity (Wildman–Crippen MR) is 131 cm³/mol. The van der Waals surface area contributed by atoms with Crippen LogP contribution in [0.2, 0.25) is 0 Å². The highest BCUT2D eigenvalue weighted by Gasteiger charge is 2.33. The fourth-order valence-corrected chi connectivity index (χ4v) is 5.29. The molecule has 3 aromatic heterocycles. The first-order chi connectivity index (χ1) is 17.1. The molecule has 10 heteroatoms. The van der Waals surface area contributed by atoms with Gasteiger partial charge in [-0.2, -0.15) is 0 Å². The number of aliphatic hydroxyl groups is 1. The third-order valence-corrected chi connectivity index (χ3v) is 7.05. The Hall–Kier alpha value is -4.05. The molecule has 1 saturated heterocycles. The summed E-state index contributed by atoms with van der Waals surface area (Å²) >= 11 is 0. The van der Waals surface area contributed by atoms with Crippen LogP contribution in [0, 0.1) is 0 Å². The number of fused-ring (bicyclic) bond motifs is 2. The van der Waals surface area contributed by atoms with Crippen LogP contribution in [0.5, 0.6) is 0 Å². The van der Waals surface area contributed by atoms with E-state index >= 15 is 0 Å². The maximum Gasteiger partial charge on any atom is 0.327 e. The Kier molecular flexibility index (Phi) is 5.29. The molecule has 4 aromatic rings. The van der Waals surface area contributed by atoms with Gasteiger partial charge in [0.15, 0.2) is 5.65 Å². The second-order valence-electron chi connectivity index (χ2n) is 9.01. The molecule has 0 bridgehead atoms. The number of carbonyl (C=O) groups is 1. The van der Waals surface area contributed by atoms with Crippen molar-refractivity contribution in [1.29, 1.82) is 0 Å². The Labute approximate surface area is 200 Å². The van der Waals surface area contributed by atoms with Gasteiger partial charge in [0.25, 0.3) is 5.91 Å². The number of nitrogens with zero attached hydrogens (tertiary/aromatic N) is 6. The van der Waals surface area contributed by atoms with Crippen molar-refractivity contribution in [3.05, 3.63) is 76.7 Å². The third kappa shape index (κ3) is 3.66. The first kappa shape index (κ1) is 21.5. The highest BCUT2D eigenvalue weighted by atomic mass is 16.3. The minimum Gasteiger partial charge on any atom is -0.396 e. The lowest BCUT2D eigenvalue weighted by Crippen LogP contribution is -2.37. The van der Waals surface area contributed by atoms with Crippen molar-refractivity contribution in [3.8, 4) is 0 Å². The first-order valence-corrected chi connectivity index (χ1v) is 11.8. The Balaban J connectivity index is 1.20. The Morgan fingerprint density at radius 3 is 2.74 bits per heavy atom. The number of pyridine rings is 1. The minimum absolute atomic E-state index is 0.0136. The zero-order chi connectivity index (χ0) is 23.9. The van der Waals surface area contributed by atoms with Gasteiger partial charge in [-0.1, -0.05) is 18.2 Å². The summed E-state index contributed by atoms with van der Waals surface area (Å²) in [6, 6.07) is 13.2. The molecule has 1 unspecified atom stereocenters. The smallest absolute Gasteiger partial charge is 0.327 e. The number of hydrogen-bond donors (Lipinski definition) is 2. The van der Waals surface area contributed by atoms with Crippen LogP contribution in [0.25, 0.3) is 11.2 Å². The van der Waals surface area contributed by atoms with Gasteiger partial charge in [0, 0.05) is 49.5 Å². The van der Waals surface area contributed by atoms with Crippen LogP contribution in [-0.2, 0) is 0 Å². The van der Waals surface area contributed by atoms with Crippen LogP contribution in [0.15, 0.2) is 59.8 Å². The summed E-state index contributed by atoms with van der Waals surface area (Å²) in [6.07, 6.45) is 4.64. The summed E-state index contributed by atoms with van der Waals surface area (Å²) in [5.74, 6) is 0.393. The number of para-hydroxylation sites is 1. The lowest BCUT2D eigenvalue weighted by molar-refractivity contribution is 0.0982. The second kappa shape index (κ2) is 8.62. The van der Waals surface area contributed by atoms with Gasteiger partial charge >= 0.3 is 5.69 Å². The van der Waals surface area contributed by atoms with Gasteiger partial charge in [-0.25, -0.2) is 19.7 Å². The standard InChI is InChI=1S/C25H25N7O3/c33-14-16-13-31(20-5-2-1-4-18(16)20)24(34)19-12-22(28-15-27-19)30-10-7-17(8-11-30)32-21-6-3-9-26-23(21)29-25(32)35/h1-6,9,12,15-17,33H,7-8,10-11,13-14H2,(H,26,29,35). The summed E-state index contributed by atoms with van der Waals surface area (Å²) < 4.78 is 1.80. The number of piperidine rings is 1. The number of hydrogen-bond acceptors (Lipinski definition) is 7. The summed E-state index contributed by atoms with van der Waals surface area (Å²) in [7, 11) is 0. The van der Waals surface area contributed by atoms with E-state index in [2.05, 4.69) is 24.8 Å². The van der Waals surface area contributed by atoms with Gasteiger partial charge in [0.2, 0.25) is 0 Å². The number of aromatic amines is 1. The molecule has 2 N–H and O–H groups in total. The molecular formula is C25H25N7O3. The highest BCUT2D eigenvalue weighted by molar-refractivity contribution is 6.06. The molecule has 5 heterocycles. The number of nitrogens with one attached hydrogen (secondary N) is 1. The number of rotatable bonds is 4. The molecule has 2 aliphatic heterocycles. The molecule has 35 heavy (non-hydrogen) atoms. The Morgan fingerprint density at radius 2 is 1.91 bits per heavy atom. The normalized spacial score (nSPS) is 18.3. The van der Waals surface area contributed by atoms with Crippen molar-refractivity contribution in [1.82, 2.24) is 24.5 Å². The van der Waals surface area contributed by atoms with Crippen molar-refractivity contribution in [2.75, 3.05) is 36.0 Å². The van der Waals surface area contributed by atoms with Crippen LogP contribution in [0.1, 0.15) is 40.9 Å². The van der Waals surface area contributed by atoms with E-state index in [1.165, 1.54) is 6.33 Å². The molecule has 0 saturated carbocycles. The fourth-order valence-electron chi connectivity index (χ4n) is 5.29. The molecule has 0 radical (unpaired) electrons. The third-order valence-electron chi connectivity index (χ3n) is 7.05. The van der Waals surface area contributed by atoms with Gasteiger partial charge in [-0.3, -0.25) is 14.3 Å². The minimum atomic E-state index is -0.204. The predicted octanol–water partition coefficient (Wildman–Crippen LogP) is 2.09. The number of benzene rings is 1. The van der Waals surface area contributed by atoms with Crippen LogP contribution in [-0.4, -0.2) is 61.8 Å². The summed E-state index contributed by atoms with van der Waals surface area (Å²) in [6.45, 7) is 1.82. The van der Waals surface area contributed by atoms with E-state index in [1.807, 2.05) is 36.4 Å². The molecular weight excluding hydrogens is 446 g/mol. The second-order valence-corrected chi connectivity index (χ2v) is 9.01. The van der Waals surface area contributed by atoms with Crippen molar-refractivity contribution < 1.29 is 9.90 Å². The number of amides is 1. The molecule has 1 aromatic carbocycles. The maximum atomic E-state index is 13.4. The summed E-state index contributed by atoms with van der Waals surface area (Å²) in [5.41, 5.74) is 3.39. The molecule has 1 atom stereocenters. The zero-order valence-corrected chi connectivity index (χ0v) is 19.0. The number of aromatic nitrogens is 5. The molecule has 0 aliphatic carbocycles. The number of imidazole rings is 1. The fraction of sp³-hybridized carbons (Fsp3) is 0.320. The molecule has 2 aliphatic rings. The Bertz CT molecular complexity index is 1450. The van der Waals surface area contributed by atoms with Gasteiger partial charge in [0.1, 0.15) is 17.8 Å². The van der Waals surface area contributed by atoms with Gasteiger partial charge in [-0.05, 0) is 36.6 Å². The molecule has 1 fully saturated rings. The van der Waals surface area contributed by atoms with E-state index in [1.54, 1.807) is 21.7 Å². The first-order valence-electron chi connectivity index (χ1n) is 11.8. The lowest BCUT2D eigenvalue weighted by Gasteiger charge is -2.33. The average Bonchev–Trinajstić information content (AvgIpc) is 3.45. The van der Waals surface area contributed by atoms with Crippen LogP contribution < -0.4 is 15.5 Å². The SMILES string of the molecule is O=C(c1cc(N2CCC(n3c(=O)[nH]c4ncccc43)CC2)ncn1)N1CC(CO)c2ccccc21. The maximum absolute atomic E-state index is 13.4. The molecule has 178 valence electrons.